The first-order valence-electron chi connectivity index (χ1n) is 12.5. The summed E-state index contributed by atoms with van der Waals surface area (Å²) in [6, 6.07) is 13.6. The molecule has 3 rings (SSSR count). The van der Waals surface area contributed by atoms with E-state index >= 15 is 0 Å². The maximum Gasteiger partial charge on any atom is 0.303 e. The number of benzene rings is 2. The van der Waals surface area contributed by atoms with Gasteiger partial charge in [-0.25, -0.2) is 0 Å². The number of fused-ring (bicyclic) bond motifs is 1. The first-order chi connectivity index (χ1) is 18.1. The summed E-state index contributed by atoms with van der Waals surface area (Å²) < 4.78 is 27.9. The number of carbonyl (C=O) groups is 1. The number of esters is 1. The third kappa shape index (κ3) is 6.28. The number of nitriles is 1. The van der Waals surface area contributed by atoms with Crippen molar-refractivity contribution in [1.29, 1.82) is 5.26 Å². The molecule has 10 nitrogen and oxygen atoms in total. The average Bonchev–Trinajstić information content (AvgIpc) is 2.90. The Balaban J connectivity index is 1.87. The second kappa shape index (κ2) is 12.5. The molecule has 0 bridgehead atoms. The molecule has 0 radical (unpaired) electrons. The van der Waals surface area contributed by atoms with Crippen molar-refractivity contribution in [3.05, 3.63) is 58.1 Å². The molecule has 10 heteroatoms. The molecule has 204 valence electrons. The highest BCUT2D eigenvalue weighted by Crippen LogP contribution is 2.41. The van der Waals surface area contributed by atoms with Gasteiger partial charge < -0.3 is 23.7 Å². The summed E-state index contributed by atoms with van der Waals surface area (Å²) in [6.07, 6.45) is -1.40. The van der Waals surface area contributed by atoms with E-state index in [0.29, 0.717) is 28.6 Å². The number of para-hydroxylation sites is 2. The molecule has 1 aliphatic rings. The third-order valence-electron chi connectivity index (χ3n) is 7.00. The van der Waals surface area contributed by atoms with Crippen molar-refractivity contribution in [2.75, 3.05) is 20.8 Å². The molecule has 4 unspecified atom stereocenters. The quantitative estimate of drug-likeness (QED) is 0.219. The van der Waals surface area contributed by atoms with E-state index in [2.05, 4.69) is 6.07 Å². The lowest BCUT2D eigenvalue weighted by Crippen LogP contribution is -2.44. The van der Waals surface area contributed by atoms with Crippen molar-refractivity contribution in [3.63, 3.8) is 0 Å². The number of ether oxygens (including phenoxy) is 5. The van der Waals surface area contributed by atoms with Gasteiger partial charge in [0.25, 0.3) is 6.04 Å². The molecule has 0 fully saturated rings. The van der Waals surface area contributed by atoms with E-state index in [1.165, 1.54) is 21.1 Å². The van der Waals surface area contributed by atoms with E-state index in [0.717, 1.165) is 0 Å². The molecule has 0 aliphatic carbocycles. The number of nitro groups is 1. The Morgan fingerprint density at radius 1 is 1.18 bits per heavy atom. The van der Waals surface area contributed by atoms with E-state index < -0.39 is 34.6 Å². The molecule has 0 spiro atoms. The highest BCUT2D eigenvalue weighted by molar-refractivity contribution is 5.66. The molecule has 2 aromatic carbocycles. The molecule has 0 saturated heterocycles. The lowest BCUT2D eigenvalue weighted by Gasteiger charge is -2.34. The highest BCUT2D eigenvalue weighted by atomic mass is 16.6. The van der Waals surface area contributed by atoms with Gasteiger partial charge in [-0.3, -0.25) is 14.9 Å². The van der Waals surface area contributed by atoms with Crippen molar-refractivity contribution in [3.8, 4) is 29.1 Å². The highest BCUT2D eigenvalue weighted by Gasteiger charge is 2.43. The largest absolute Gasteiger partial charge is 0.493 e. The van der Waals surface area contributed by atoms with Crippen LogP contribution in [-0.4, -0.2) is 50.0 Å². The SMILES string of the molecule is COc1ccc(C(C#N)(CCC(OC(C)=O)C(CC2COc3ccccc3O2)[N+](=O)[O-])C(C)C)cc1OC. The first kappa shape index (κ1) is 28.6. The summed E-state index contributed by atoms with van der Waals surface area (Å²) in [4.78, 5) is 23.8. The van der Waals surface area contributed by atoms with Crippen LogP contribution in [0.4, 0.5) is 0 Å². The standard InChI is InChI=1S/C28H34N2O8/c1-18(2)28(17-29,20-10-11-24(34-4)27(14-20)35-5)13-12-23(37-19(3)31)22(30(32)33)15-21-16-36-25-8-6-7-9-26(25)38-21/h6-11,14,18,21-23H,12-13,15-16H2,1-5H3. The maximum absolute atomic E-state index is 12.2. The lowest BCUT2D eigenvalue weighted by atomic mass is 9.69. The van der Waals surface area contributed by atoms with Gasteiger partial charge in [0.15, 0.2) is 29.1 Å². The van der Waals surface area contributed by atoms with E-state index in [9.17, 15) is 20.2 Å². The molecular weight excluding hydrogens is 492 g/mol. The number of methoxy groups -OCH3 is 2. The molecule has 1 heterocycles. The summed E-state index contributed by atoms with van der Waals surface area (Å²) in [5, 5.41) is 22.6. The van der Waals surface area contributed by atoms with Crippen LogP contribution in [0.1, 0.15) is 45.6 Å². The van der Waals surface area contributed by atoms with E-state index in [1.54, 1.807) is 36.4 Å². The van der Waals surface area contributed by atoms with Crippen molar-refractivity contribution >= 4 is 5.97 Å². The maximum atomic E-state index is 12.2. The van der Waals surface area contributed by atoms with E-state index in [1.807, 2.05) is 19.9 Å². The fourth-order valence-electron chi connectivity index (χ4n) is 4.86. The van der Waals surface area contributed by atoms with Gasteiger partial charge in [-0.1, -0.05) is 32.0 Å². The summed E-state index contributed by atoms with van der Waals surface area (Å²) >= 11 is 0. The van der Waals surface area contributed by atoms with Crippen molar-refractivity contribution in [2.24, 2.45) is 5.92 Å². The van der Waals surface area contributed by atoms with Gasteiger partial charge in [-0.05, 0) is 48.6 Å². The van der Waals surface area contributed by atoms with Crippen molar-refractivity contribution in [2.45, 2.75) is 63.7 Å². The average molecular weight is 527 g/mol. The summed E-state index contributed by atoms with van der Waals surface area (Å²) in [5.74, 6) is 1.28. The Hall–Kier alpha value is -4.00. The van der Waals surface area contributed by atoms with Crippen LogP contribution in [0.3, 0.4) is 0 Å². The third-order valence-corrected chi connectivity index (χ3v) is 7.00. The Morgan fingerprint density at radius 2 is 1.87 bits per heavy atom. The van der Waals surface area contributed by atoms with Gasteiger partial charge in [0.2, 0.25) is 0 Å². The monoisotopic (exact) mass is 526 g/mol. The zero-order valence-corrected chi connectivity index (χ0v) is 22.3. The van der Waals surface area contributed by atoms with Gasteiger partial charge >= 0.3 is 5.97 Å². The zero-order chi connectivity index (χ0) is 27.9. The number of rotatable bonds is 12. The van der Waals surface area contributed by atoms with Gasteiger partial charge in [0.05, 0.1) is 32.1 Å². The molecule has 0 saturated carbocycles. The van der Waals surface area contributed by atoms with Crippen molar-refractivity contribution < 1.29 is 33.4 Å². The van der Waals surface area contributed by atoms with Gasteiger partial charge in [0, 0.05) is 11.8 Å². The van der Waals surface area contributed by atoms with Crippen LogP contribution in [0, 0.1) is 27.4 Å². The molecule has 4 atom stereocenters. The fraction of sp³-hybridized carbons (Fsp3) is 0.500. The van der Waals surface area contributed by atoms with Crippen LogP contribution in [-0.2, 0) is 14.9 Å². The molecule has 0 N–H and O–H groups in total. The molecule has 0 aromatic heterocycles. The van der Waals surface area contributed by atoms with Crippen LogP contribution in [0.15, 0.2) is 42.5 Å². The Bertz CT molecular complexity index is 1180. The minimum absolute atomic E-state index is 0.0309. The smallest absolute Gasteiger partial charge is 0.303 e. The lowest BCUT2D eigenvalue weighted by molar-refractivity contribution is -0.536. The second-order valence-corrected chi connectivity index (χ2v) is 9.58. The molecule has 1 aliphatic heterocycles. The summed E-state index contributed by atoms with van der Waals surface area (Å²) in [7, 11) is 3.04. The van der Waals surface area contributed by atoms with Gasteiger partial charge in [0.1, 0.15) is 12.7 Å². The first-order valence-corrected chi connectivity index (χ1v) is 12.5. The fourth-order valence-corrected chi connectivity index (χ4v) is 4.86. The van der Waals surface area contributed by atoms with Crippen LogP contribution < -0.4 is 18.9 Å². The van der Waals surface area contributed by atoms with Crippen LogP contribution in [0.25, 0.3) is 0 Å². The van der Waals surface area contributed by atoms with Gasteiger partial charge in [-0.2, -0.15) is 5.26 Å². The van der Waals surface area contributed by atoms with Crippen LogP contribution >= 0.6 is 0 Å². The van der Waals surface area contributed by atoms with Crippen LogP contribution in [0.2, 0.25) is 0 Å². The number of hydrogen-bond donors (Lipinski definition) is 0. The molecule has 38 heavy (non-hydrogen) atoms. The normalized spacial score (nSPS) is 17.4. The van der Waals surface area contributed by atoms with Gasteiger partial charge in [-0.15, -0.1) is 0 Å². The van der Waals surface area contributed by atoms with Crippen molar-refractivity contribution in [1.82, 2.24) is 0 Å². The van der Waals surface area contributed by atoms with E-state index in [4.69, 9.17) is 23.7 Å². The Kier molecular flexibility index (Phi) is 9.40. The van der Waals surface area contributed by atoms with E-state index in [-0.39, 0.29) is 31.8 Å². The zero-order valence-electron chi connectivity index (χ0n) is 22.3. The Labute approximate surface area is 222 Å². The predicted octanol–water partition coefficient (Wildman–Crippen LogP) is 4.71. The second-order valence-electron chi connectivity index (χ2n) is 9.58. The minimum atomic E-state index is -1.26. The number of nitrogens with zero attached hydrogens (tertiary/aromatic N) is 2. The Morgan fingerprint density at radius 3 is 2.45 bits per heavy atom. The summed E-state index contributed by atoms with van der Waals surface area (Å²) in [6.45, 7) is 5.18. The summed E-state index contributed by atoms with van der Waals surface area (Å²) in [5.41, 5.74) is -0.338. The molecule has 0 amide bonds. The predicted molar refractivity (Wildman–Crippen MR) is 138 cm³/mol. The van der Waals surface area contributed by atoms with Crippen LogP contribution in [0.5, 0.6) is 23.0 Å². The minimum Gasteiger partial charge on any atom is -0.493 e. The number of hydrogen-bond acceptors (Lipinski definition) is 9. The topological polar surface area (TPSA) is 130 Å². The molecule has 2 aromatic rings. The molecular formula is C28H34N2O8. The number of carbonyl (C=O) groups excluding carboxylic acids is 1.